The minimum absolute atomic E-state index is 0.141. The van der Waals surface area contributed by atoms with Gasteiger partial charge in [0.05, 0.1) is 18.4 Å². The third-order valence-electron chi connectivity index (χ3n) is 4.81. The van der Waals surface area contributed by atoms with Gasteiger partial charge >= 0.3 is 6.18 Å². The van der Waals surface area contributed by atoms with E-state index >= 15 is 0 Å². The molecule has 0 aliphatic carbocycles. The van der Waals surface area contributed by atoms with Gasteiger partial charge in [-0.1, -0.05) is 34.9 Å². The number of hydroxylamine groups is 1. The zero-order chi connectivity index (χ0) is 24.1. The van der Waals surface area contributed by atoms with Gasteiger partial charge in [0, 0.05) is 18.2 Å². The maximum absolute atomic E-state index is 14.4. The molecular formula is C21H24BF4N3O3. The van der Waals surface area contributed by atoms with E-state index in [1.54, 1.807) is 25.1 Å². The minimum Gasteiger partial charge on any atom is -0.391 e. The fraction of sp³-hybridized carbons (Fsp3) is 0.333. The monoisotopic (exact) mass is 453 g/mol. The third-order valence-corrected chi connectivity index (χ3v) is 4.81. The number of amides is 1. The van der Waals surface area contributed by atoms with E-state index in [0.29, 0.717) is 11.1 Å². The number of alkyl halides is 3. The summed E-state index contributed by atoms with van der Waals surface area (Å²) < 4.78 is 54.6. The maximum Gasteiger partial charge on any atom is 0.417 e. The molecule has 2 aromatic carbocycles. The molecule has 0 spiro atoms. The van der Waals surface area contributed by atoms with Crippen LogP contribution in [0.1, 0.15) is 40.8 Å². The molecule has 0 saturated carbocycles. The number of nitrogens with one attached hydrogen (secondary N) is 2. The van der Waals surface area contributed by atoms with E-state index < -0.39 is 29.2 Å². The summed E-state index contributed by atoms with van der Waals surface area (Å²) >= 11 is 0. The molecule has 1 atom stereocenters. The number of halogens is 4. The fourth-order valence-corrected chi connectivity index (χ4v) is 3.29. The molecule has 1 unspecified atom stereocenters. The van der Waals surface area contributed by atoms with Crippen molar-refractivity contribution in [3.05, 3.63) is 64.0 Å². The molecule has 0 bridgehead atoms. The second kappa shape index (κ2) is 10.6. The molecule has 172 valence electrons. The molecule has 11 heteroatoms. The Hall–Kier alpha value is -2.92. The average Bonchev–Trinajstić information content (AvgIpc) is 2.71. The van der Waals surface area contributed by atoms with Crippen molar-refractivity contribution >= 4 is 24.9 Å². The molecule has 0 aliphatic rings. The summed E-state index contributed by atoms with van der Waals surface area (Å²) in [5.41, 5.74) is 2.58. The molecule has 0 fully saturated rings. The summed E-state index contributed by atoms with van der Waals surface area (Å²) in [6.45, 7) is 2.86. The van der Waals surface area contributed by atoms with Gasteiger partial charge in [-0.2, -0.15) is 18.7 Å². The number of nitrogens with zero attached hydrogens (tertiary/aromatic N) is 1. The highest BCUT2D eigenvalue weighted by Gasteiger charge is 2.36. The zero-order valence-corrected chi connectivity index (χ0v) is 18.4. The Bertz CT molecular complexity index is 1010. The Balaban J connectivity index is 2.38. The molecule has 6 nitrogen and oxygen atoms in total. The van der Waals surface area contributed by atoms with Crippen LogP contribution < -0.4 is 16.3 Å². The van der Waals surface area contributed by atoms with Gasteiger partial charge in [0.25, 0.3) is 0 Å². The molecule has 32 heavy (non-hydrogen) atoms. The van der Waals surface area contributed by atoms with Crippen molar-refractivity contribution in [3.8, 4) is 0 Å². The second-order valence-corrected chi connectivity index (χ2v) is 7.13. The third kappa shape index (κ3) is 5.86. The topological polar surface area (TPSA) is 71.9 Å². The van der Waals surface area contributed by atoms with E-state index in [0.717, 1.165) is 17.7 Å². The Labute approximate surface area is 184 Å². The molecule has 2 aromatic rings. The van der Waals surface area contributed by atoms with Gasteiger partial charge in [0.1, 0.15) is 26.3 Å². The molecule has 0 aliphatic heterocycles. The van der Waals surface area contributed by atoms with Crippen LogP contribution >= 0.6 is 0 Å². The summed E-state index contributed by atoms with van der Waals surface area (Å²) in [4.78, 5) is 22.5. The largest absolute Gasteiger partial charge is 0.417 e. The number of benzene rings is 2. The molecule has 0 saturated heterocycles. The molecule has 0 radical (unpaired) electrons. The SMILES string of the molecule is Bc1cc(F)c(/C(C)=N/OCc2c(C)cccc2C(NOC)C(=O)NC)c(C(F)(F)F)c1. The van der Waals surface area contributed by atoms with Crippen molar-refractivity contribution in [2.24, 2.45) is 5.16 Å². The minimum atomic E-state index is -4.76. The average molecular weight is 453 g/mol. The van der Waals surface area contributed by atoms with E-state index in [4.69, 9.17) is 9.68 Å². The van der Waals surface area contributed by atoms with Crippen molar-refractivity contribution in [2.45, 2.75) is 32.7 Å². The molecule has 2 N–H and O–H groups in total. The fourth-order valence-electron chi connectivity index (χ4n) is 3.29. The van der Waals surface area contributed by atoms with Gasteiger partial charge < -0.3 is 15.0 Å². The number of aryl methyl sites for hydroxylation is 1. The Morgan fingerprint density at radius 2 is 1.97 bits per heavy atom. The van der Waals surface area contributed by atoms with Crippen LogP contribution in [0.5, 0.6) is 0 Å². The van der Waals surface area contributed by atoms with Gasteiger partial charge in [0.15, 0.2) is 0 Å². The number of carbonyl (C=O) groups is 1. The first-order valence-corrected chi connectivity index (χ1v) is 9.64. The highest BCUT2D eigenvalue weighted by atomic mass is 19.4. The number of hydrogen-bond acceptors (Lipinski definition) is 5. The summed E-state index contributed by atoms with van der Waals surface area (Å²) in [5.74, 6) is -1.40. The van der Waals surface area contributed by atoms with Gasteiger partial charge in [-0.3, -0.25) is 4.79 Å². The smallest absolute Gasteiger partial charge is 0.391 e. The lowest BCUT2D eigenvalue weighted by Crippen LogP contribution is -2.36. The van der Waals surface area contributed by atoms with Crippen LogP contribution in [0.25, 0.3) is 0 Å². The highest BCUT2D eigenvalue weighted by Crippen LogP contribution is 2.33. The van der Waals surface area contributed by atoms with Gasteiger partial charge in [-0.05, 0) is 31.0 Å². The van der Waals surface area contributed by atoms with Crippen molar-refractivity contribution in [2.75, 3.05) is 14.2 Å². The number of likely N-dealkylation sites (N-methyl/N-ethyl adjacent to an activating group) is 1. The summed E-state index contributed by atoms with van der Waals surface area (Å²) in [7, 11) is 4.21. The summed E-state index contributed by atoms with van der Waals surface area (Å²) in [5, 5.41) is 6.26. The molecule has 2 rings (SSSR count). The van der Waals surface area contributed by atoms with Crippen molar-refractivity contribution < 1.29 is 32.0 Å². The molecule has 0 heterocycles. The lowest BCUT2D eigenvalue weighted by Gasteiger charge is -2.20. The molecule has 1 amide bonds. The number of oxime groups is 1. The van der Waals surface area contributed by atoms with E-state index in [2.05, 4.69) is 16.0 Å². The first-order chi connectivity index (χ1) is 15.0. The van der Waals surface area contributed by atoms with Crippen LogP contribution in [0.2, 0.25) is 0 Å². The first-order valence-electron chi connectivity index (χ1n) is 9.64. The van der Waals surface area contributed by atoms with Gasteiger partial charge in [-0.25, -0.2) is 4.39 Å². The van der Waals surface area contributed by atoms with Gasteiger partial charge in [0.2, 0.25) is 5.91 Å². The van der Waals surface area contributed by atoms with E-state index in [1.807, 2.05) is 0 Å². The van der Waals surface area contributed by atoms with Crippen molar-refractivity contribution in [1.82, 2.24) is 10.8 Å². The normalized spacial score (nSPS) is 13.1. The quantitative estimate of drug-likeness (QED) is 0.279. The van der Waals surface area contributed by atoms with E-state index in [9.17, 15) is 22.4 Å². The predicted octanol–water partition coefficient (Wildman–Crippen LogP) is 2.29. The number of carbonyl (C=O) groups excluding carboxylic acids is 1. The number of rotatable bonds is 8. The standard InChI is InChI=1S/C21H24BF4N3O3/c1-11-6-5-7-14(19(29-31-4)20(30)27-3)15(11)10-32-28-12(2)18-16(21(24,25)26)8-13(22)9-17(18)23/h5-9,19,29H,10,22H2,1-4H3,(H,27,30)/b28-12+. The lowest BCUT2D eigenvalue weighted by molar-refractivity contribution is -0.137. The number of hydrogen-bond donors (Lipinski definition) is 2. The maximum atomic E-state index is 14.4. The van der Waals surface area contributed by atoms with Crippen LogP contribution in [0.3, 0.4) is 0 Å². The van der Waals surface area contributed by atoms with E-state index in [1.165, 1.54) is 28.9 Å². The van der Waals surface area contributed by atoms with Crippen LogP contribution in [0, 0.1) is 12.7 Å². The van der Waals surface area contributed by atoms with Crippen LogP contribution in [0.15, 0.2) is 35.5 Å². The van der Waals surface area contributed by atoms with Crippen LogP contribution in [-0.4, -0.2) is 33.6 Å². The Morgan fingerprint density at radius 3 is 2.56 bits per heavy atom. The second-order valence-electron chi connectivity index (χ2n) is 7.13. The summed E-state index contributed by atoms with van der Waals surface area (Å²) in [6, 6.07) is 6.23. The highest BCUT2D eigenvalue weighted by molar-refractivity contribution is 6.32. The Kier molecular flexibility index (Phi) is 8.40. The van der Waals surface area contributed by atoms with E-state index in [-0.39, 0.29) is 23.7 Å². The Morgan fingerprint density at radius 1 is 1.28 bits per heavy atom. The molecular weight excluding hydrogens is 429 g/mol. The lowest BCUT2D eigenvalue weighted by atomic mass is 9.90. The predicted molar refractivity (Wildman–Crippen MR) is 115 cm³/mol. The van der Waals surface area contributed by atoms with Crippen molar-refractivity contribution in [3.63, 3.8) is 0 Å². The van der Waals surface area contributed by atoms with Crippen LogP contribution in [-0.2, 0) is 27.3 Å². The summed E-state index contributed by atoms with van der Waals surface area (Å²) in [6.07, 6.45) is -4.76. The van der Waals surface area contributed by atoms with Gasteiger partial charge in [-0.15, -0.1) is 0 Å². The first kappa shape index (κ1) is 25.3. The van der Waals surface area contributed by atoms with Crippen molar-refractivity contribution in [1.29, 1.82) is 0 Å². The molecule has 0 aromatic heterocycles. The zero-order valence-electron chi connectivity index (χ0n) is 18.4. The van der Waals surface area contributed by atoms with Crippen LogP contribution in [0.4, 0.5) is 17.6 Å².